The van der Waals surface area contributed by atoms with Gasteiger partial charge in [0.1, 0.15) is 5.75 Å². The Hall–Kier alpha value is -3.78. The fraction of sp³-hybridized carbons (Fsp3) is 0.0833. The zero-order valence-electron chi connectivity index (χ0n) is 16.9. The summed E-state index contributed by atoms with van der Waals surface area (Å²) in [7, 11) is 1.54. The minimum Gasteiger partial charge on any atom is -0.496 e. The van der Waals surface area contributed by atoms with E-state index in [-0.39, 0.29) is 23.8 Å². The molecule has 0 radical (unpaired) electrons. The van der Waals surface area contributed by atoms with E-state index in [1.165, 1.54) is 7.11 Å². The monoisotopic (exact) mass is 492 g/mol. The Balaban J connectivity index is 1.44. The number of aromatic nitrogens is 2. The molecule has 0 bridgehead atoms. The van der Waals surface area contributed by atoms with Crippen LogP contribution in [0.15, 0.2) is 81.7 Å². The van der Waals surface area contributed by atoms with E-state index in [1.54, 1.807) is 42.5 Å². The maximum absolute atomic E-state index is 12.5. The second kappa shape index (κ2) is 9.57. The lowest BCUT2D eigenvalue weighted by molar-refractivity contribution is 0.0475. The van der Waals surface area contributed by atoms with Crippen LogP contribution in [0.4, 0.5) is 0 Å². The number of carbonyl (C=O) groups is 2. The number of ether oxygens (including phenoxy) is 2. The number of methoxy groups -OCH3 is 1. The van der Waals surface area contributed by atoms with Gasteiger partial charge in [0.25, 0.3) is 0 Å². The van der Waals surface area contributed by atoms with Crippen molar-refractivity contribution in [3.8, 4) is 28.7 Å². The number of esters is 1. The van der Waals surface area contributed by atoms with Crippen LogP contribution in [0, 0.1) is 0 Å². The molecule has 0 amide bonds. The van der Waals surface area contributed by atoms with E-state index in [1.807, 2.05) is 30.3 Å². The second-order valence-corrected chi connectivity index (χ2v) is 7.56. The van der Waals surface area contributed by atoms with Gasteiger partial charge in [0.05, 0.1) is 17.1 Å². The number of nitrogens with zero attached hydrogens (tertiary/aromatic N) is 2. The van der Waals surface area contributed by atoms with Gasteiger partial charge >= 0.3 is 5.97 Å². The van der Waals surface area contributed by atoms with Gasteiger partial charge < -0.3 is 13.9 Å². The number of ketones is 1. The topological polar surface area (TPSA) is 91.5 Å². The molecule has 32 heavy (non-hydrogen) atoms. The average Bonchev–Trinajstić information content (AvgIpc) is 3.33. The molecule has 1 heterocycles. The predicted molar refractivity (Wildman–Crippen MR) is 120 cm³/mol. The molecule has 0 unspecified atom stereocenters. The average molecular weight is 493 g/mol. The van der Waals surface area contributed by atoms with Crippen LogP contribution < -0.4 is 4.74 Å². The third kappa shape index (κ3) is 4.76. The van der Waals surface area contributed by atoms with Gasteiger partial charge in [0.2, 0.25) is 11.8 Å². The van der Waals surface area contributed by atoms with Crippen molar-refractivity contribution in [2.45, 2.75) is 0 Å². The molecule has 4 aromatic rings. The second-order valence-electron chi connectivity index (χ2n) is 6.71. The maximum atomic E-state index is 12.5. The molecular formula is C24H17BrN2O5. The van der Waals surface area contributed by atoms with Gasteiger partial charge in [-0.25, -0.2) is 4.79 Å². The van der Waals surface area contributed by atoms with Gasteiger partial charge in [0.15, 0.2) is 12.4 Å². The van der Waals surface area contributed by atoms with E-state index in [9.17, 15) is 9.59 Å². The lowest BCUT2D eigenvalue weighted by atomic mass is 10.1. The quantitative estimate of drug-likeness (QED) is 0.258. The summed E-state index contributed by atoms with van der Waals surface area (Å²) in [6.45, 7) is -0.388. The van der Waals surface area contributed by atoms with E-state index < -0.39 is 5.97 Å². The molecule has 0 aliphatic rings. The summed E-state index contributed by atoms with van der Waals surface area (Å²) in [5.74, 6) is 0.298. The minimum absolute atomic E-state index is 0.269. The summed E-state index contributed by atoms with van der Waals surface area (Å²) in [4.78, 5) is 24.9. The van der Waals surface area contributed by atoms with Gasteiger partial charge in [-0.05, 0) is 64.5 Å². The Labute approximate surface area is 192 Å². The molecule has 0 aliphatic heterocycles. The number of Topliss-reactive ketones (excluding diaryl/α,β-unsaturated/α-hetero) is 1. The van der Waals surface area contributed by atoms with Crippen LogP contribution in [0.3, 0.4) is 0 Å². The first-order valence-electron chi connectivity index (χ1n) is 9.58. The molecule has 0 fully saturated rings. The highest BCUT2D eigenvalue weighted by Gasteiger charge is 2.16. The van der Waals surface area contributed by atoms with Crippen LogP contribution >= 0.6 is 15.9 Å². The first-order chi connectivity index (χ1) is 15.5. The standard InChI is InChI=1S/C24H17BrN2O5/c1-30-21-11-10-16(13-19(21)25)20(28)14-31-24(29)18-9-5-8-17(12-18)23-27-26-22(32-23)15-6-3-2-4-7-15/h2-13H,14H2,1H3. The molecule has 3 aromatic carbocycles. The van der Waals surface area contributed by atoms with Crippen molar-refractivity contribution >= 4 is 27.7 Å². The van der Waals surface area contributed by atoms with Crippen LogP contribution in [0.25, 0.3) is 22.9 Å². The van der Waals surface area contributed by atoms with Crippen LogP contribution in [0.1, 0.15) is 20.7 Å². The summed E-state index contributed by atoms with van der Waals surface area (Å²) in [6, 6.07) is 20.9. The highest BCUT2D eigenvalue weighted by Crippen LogP contribution is 2.26. The molecule has 0 N–H and O–H groups in total. The van der Waals surface area contributed by atoms with Crippen molar-refractivity contribution < 1.29 is 23.5 Å². The zero-order valence-corrected chi connectivity index (χ0v) is 18.5. The van der Waals surface area contributed by atoms with E-state index in [2.05, 4.69) is 26.1 Å². The first kappa shape index (κ1) is 21.5. The summed E-state index contributed by atoms with van der Waals surface area (Å²) >= 11 is 3.33. The molecule has 8 heteroatoms. The van der Waals surface area contributed by atoms with Gasteiger partial charge in [0, 0.05) is 16.7 Å². The number of hydrogen-bond acceptors (Lipinski definition) is 7. The Morgan fingerprint density at radius 2 is 1.59 bits per heavy atom. The zero-order chi connectivity index (χ0) is 22.5. The largest absolute Gasteiger partial charge is 0.496 e. The number of benzene rings is 3. The number of halogens is 1. The van der Waals surface area contributed by atoms with E-state index >= 15 is 0 Å². The van der Waals surface area contributed by atoms with Gasteiger partial charge in [-0.1, -0.05) is 24.3 Å². The molecule has 0 atom stereocenters. The maximum Gasteiger partial charge on any atom is 0.338 e. The van der Waals surface area contributed by atoms with Crippen molar-refractivity contribution in [3.05, 3.63) is 88.4 Å². The smallest absolute Gasteiger partial charge is 0.338 e. The molecular weight excluding hydrogens is 476 g/mol. The lowest BCUT2D eigenvalue weighted by Crippen LogP contribution is -2.14. The van der Waals surface area contributed by atoms with Crippen molar-refractivity contribution in [2.24, 2.45) is 0 Å². The summed E-state index contributed by atoms with van der Waals surface area (Å²) in [5, 5.41) is 8.12. The Morgan fingerprint density at radius 1 is 0.875 bits per heavy atom. The van der Waals surface area contributed by atoms with Crippen molar-refractivity contribution in [2.75, 3.05) is 13.7 Å². The summed E-state index contributed by atoms with van der Waals surface area (Å²) in [6.07, 6.45) is 0. The van der Waals surface area contributed by atoms with E-state index in [0.717, 1.165) is 5.56 Å². The first-order valence-corrected chi connectivity index (χ1v) is 10.4. The molecule has 7 nitrogen and oxygen atoms in total. The minimum atomic E-state index is -0.629. The van der Waals surface area contributed by atoms with E-state index in [4.69, 9.17) is 13.9 Å². The Morgan fingerprint density at radius 3 is 2.31 bits per heavy atom. The highest BCUT2D eigenvalue weighted by atomic mass is 79.9. The summed E-state index contributed by atoms with van der Waals surface area (Å²) < 4.78 is 16.7. The van der Waals surface area contributed by atoms with Crippen LogP contribution in [-0.4, -0.2) is 35.7 Å². The number of carbonyl (C=O) groups excluding carboxylic acids is 2. The van der Waals surface area contributed by atoms with Crippen LogP contribution in [0.5, 0.6) is 5.75 Å². The fourth-order valence-corrected chi connectivity index (χ4v) is 3.49. The normalized spacial score (nSPS) is 10.6. The molecule has 0 saturated carbocycles. The molecule has 160 valence electrons. The third-order valence-corrected chi connectivity index (χ3v) is 5.22. The molecule has 1 aromatic heterocycles. The lowest BCUT2D eigenvalue weighted by Gasteiger charge is -2.07. The fourth-order valence-electron chi connectivity index (χ4n) is 2.95. The third-order valence-electron chi connectivity index (χ3n) is 4.60. The van der Waals surface area contributed by atoms with E-state index in [0.29, 0.717) is 27.2 Å². The van der Waals surface area contributed by atoms with Crippen molar-refractivity contribution in [1.29, 1.82) is 0 Å². The van der Waals surface area contributed by atoms with Crippen LogP contribution in [-0.2, 0) is 4.74 Å². The number of rotatable bonds is 7. The van der Waals surface area contributed by atoms with Crippen molar-refractivity contribution in [1.82, 2.24) is 10.2 Å². The molecule has 0 saturated heterocycles. The number of hydrogen-bond donors (Lipinski definition) is 0. The molecule has 4 rings (SSSR count). The Kier molecular flexibility index (Phi) is 6.42. The molecule has 0 aliphatic carbocycles. The Bertz CT molecular complexity index is 1270. The highest BCUT2D eigenvalue weighted by molar-refractivity contribution is 9.10. The van der Waals surface area contributed by atoms with Gasteiger partial charge in [-0.15, -0.1) is 10.2 Å². The predicted octanol–water partition coefficient (Wildman–Crippen LogP) is 5.21. The van der Waals surface area contributed by atoms with Gasteiger partial charge in [-0.2, -0.15) is 0 Å². The molecule has 0 spiro atoms. The van der Waals surface area contributed by atoms with Gasteiger partial charge in [-0.3, -0.25) is 4.79 Å². The van der Waals surface area contributed by atoms with Crippen molar-refractivity contribution in [3.63, 3.8) is 0 Å². The summed E-state index contributed by atoms with van der Waals surface area (Å²) in [5.41, 5.74) is 2.04. The van der Waals surface area contributed by atoms with Crippen LogP contribution in [0.2, 0.25) is 0 Å². The SMILES string of the molecule is COc1ccc(C(=O)COC(=O)c2cccc(-c3nnc(-c4ccccc4)o3)c2)cc1Br.